The van der Waals surface area contributed by atoms with E-state index in [9.17, 15) is 13.6 Å². The topological polar surface area (TPSA) is 41.1 Å². The zero-order valence-electron chi connectivity index (χ0n) is 11.1. The second-order valence-electron chi connectivity index (χ2n) is 4.35. The SMILES string of the molecule is Cc1ccccc1C(=O)NC(=S)Nc1ccc(F)cc1F. The highest BCUT2D eigenvalue weighted by molar-refractivity contribution is 7.80. The number of carbonyl (C=O) groups excluding carboxylic acids is 1. The lowest BCUT2D eigenvalue weighted by molar-refractivity contribution is 0.0977. The van der Waals surface area contributed by atoms with Crippen LogP contribution in [0.25, 0.3) is 0 Å². The molecule has 0 unspecified atom stereocenters. The number of benzene rings is 2. The van der Waals surface area contributed by atoms with E-state index in [1.807, 2.05) is 6.07 Å². The first-order valence-electron chi connectivity index (χ1n) is 6.10. The number of anilines is 1. The molecule has 0 fully saturated rings. The van der Waals surface area contributed by atoms with E-state index in [1.165, 1.54) is 6.07 Å². The van der Waals surface area contributed by atoms with Gasteiger partial charge in [-0.1, -0.05) is 18.2 Å². The minimum atomic E-state index is -0.789. The summed E-state index contributed by atoms with van der Waals surface area (Å²) in [7, 11) is 0. The van der Waals surface area contributed by atoms with Crippen LogP contribution in [0.15, 0.2) is 42.5 Å². The predicted octanol–water partition coefficient (Wildman–Crippen LogP) is 3.40. The van der Waals surface area contributed by atoms with Crippen LogP contribution in [0.5, 0.6) is 0 Å². The highest BCUT2D eigenvalue weighted by Gasteiger charge is 2.11. The molecular formula is C15H12F2N2OS. The van der Waals surface area contributed by atoms with Crippen LogP contribution >= 0.6 is 12.2 Å². The summed E-state index contributed by atoms with van der Waals surface area (Å²) in [4.78, 5) is 12.0. The van der Waals surface area contributed by atoms with Crippen molar-refractivity contribution in [2.75, 3.05) is 5.32 Å². The Morgan fingerprint density at radius 1 is 1.14 bits per heavy atom. The van der Waals surface area contributed by atoms with Crippen molar-refractivity contribution >= 4 is 28.9 Å². The van der Waals surface area contributed by atoms with Gasteiger partial charge in [0, 0.05) is 11.6 Å². The molecule has 6 heteroatoms. The molecule has 0 saturated carbocycles. The second kappa shape index (κ2) is 6.41. The molecule has 2 N–H and O–H groups in total. The van der Waals surface area contributed by atoms with Gasteiger partial charge in [-0.3, -0.25) is 10.1 Å². The van der Waals surface area contributed by atoms with Crippen molar-refractivity contribution in [3.8, 4) is 0 Å². The van der Waals surface area contributed by atoms with Crippen LogP contribution in [0.3, 0.4) is 0 Å². The van der Waals surface area contributed by atoms with Gasteiger partial charge in [-0.15, -0.1) is 0 Å². The zero-order chi connectivity index (χ0) is 15.4. The third kappa shape index (κ3) is 3.82. The molecule has 2 aromatic rings. The maximum Gasteiger partial charge on any atom is 0.257 e. The summed E-state index contributed by atoms with van der Waals surface area (Å²) in [5, 5.41) is 4.90. The number of rotatable bonds is 2. The molecule has 108 valence electrons. The molecule has 0 aliphatic carbocycles. The molecule has 0 spiro atoms. The first kappa shape index (κ1) is 15.1. The number of amides is 1. The summed E-state index contributed by atoms with van der Waals surface area (Å²) in [6, 6.07) is 10.0. The lowest BCUT2D eigenvalue weighted by Gasteiger charge is -2.11. The van der Waals surface area contributed by atoms with Crippen LogP contribution < -0.4 is 10.6 Å². The number of hydrogen-bond acceptors (Lipinski definition) is 2. The van der Waals surface area contributed by atoms with E-state index >= 15 is 0 Å². The standard InChI is InChI=1S/C15H12F2N2OS/c1-9-4-2-3-5-11(9)14(20)19-15(21)18-13-7-6-10(16)8-12(13)17/h2-8H,1H3,(H2,18,19,20,21). The molecule has 2 aromatic carbocycles. The Kier molecular flexibility index (Phi) is 4.59. The maximum absolute atomic E-state index is 13.5. The normalized spacial score (nSPS) is 10.0. The lowest BCUT2D eigenvalue weighted by Crippen LogP contribution is -2.34. The molecule has 0 aliphatic rings. The Morgan fingerprint density at radius 3 is 2.52 bits per heavy atom. The van der Waals surface area contributed by atoms with Gasteiger partial charge in [-0.2, -0.15) is 0 Å². The fourth-order valence-electron chi connectivity index (χ4n) is 1.74. The van der Waals surface area contributed by atoms with E-state index in [0.29, 0.717) is 5.56 Å². The highest BCUT2D eigenvalue weighted by Crippen LogP contribution is 2.15. The van der Waals surface area contributed by atoms with Crippen molar-refractivity contribution < 1.29 is 13.6 Å². The van der Waals surface area contributed by atoms with Crippen molar-refractivity contribution in [3.05, 3.63) is 65.2 Å². The van der Waals surface area contributed by atoms with Gasteiger partial charge in [0.15, 0.2) is 5.11 Å². The van der Waals surface area contributed by atoms with Gasteiger partial charge in [-0.25, -0.2) is 8.78 Å². The molecule has 0 heterocycles. The number of aryl methyl sites for hydroxylation is 1. The lowest BCUT2D eigenvalue weighted by atomic mass is 10.1. The Morgan fingerprint density at radius 2 is 1.86 bits per heavy atom. The average Bonchev–Trinajstić information content (AvgIpc) is 2.42. The molecule has 21 heavy (non-hydrogen) atoms. The van der Waals surface area contributed by atoms with Gasteiger partial charge in [0.2, 0.25) is 0 Å². The molecule has 3 nitrogen and oxygen atoms in total. The molecule has 0 radical (unpaired) electrons. The van der Waals surface area contributed by atoms with Crippen LogP contribution in [0, 0.1) is 18.6 Å². The largest absolute Gasteiger partial charge is 0.330 e. The van der Waals surface area contributed by atoms with Crippen molar-refractivity contribution in [2.24, 2.45) is 0 Å². The van der Waals surface area contributed by atoms with E-state index < -0.39 is 17.5 Å². The molecule has 0 atom stereocenters. The number of carbonyl (C=O) groups is 1. The smallest absolute Gasteiger partial charge is 0.257 e. The Labute approximate surface area is 126 Å². The van der Waals surface area contributed by atoms with E-state index in [0.717, 1.165) is 17.7 Å². The van der Waals surface area contributed by atoms with E-state index in [1.54, 1.807) is 25.1 Å². The fraction of sp³-hybridized carbons (Fsp3) is 0.0667. The Balaban J connectivity index is 2.05. The van der Waals surface area contributed by atoms with E-state index in [4.69, 9.17) is 12.2 Å². The van der Waals surface area contributed by atoms with Crippen LogP contribution in [0.4, 0.5) is 14.5 Å². The molecule has 0 bridgehead atoms. The highest BCUT2D eigenvalue weighted by atomic mass is 32.1. The third-order valence-corrected chi connectivity index (χ3v) is 3.00. The summed E-state index contributed by atoms with van der Waals surface area (Å²) in [5.41, 5.74) is 1.26. The number of thiocarbonyl (C=S) groups is 1. The van der Waals surface area contributed by atoms with Crippen LogP contribution in [0.2, 0.25) is 0 Å². The predicted molar refractivity (Wildman–Crippen MR) is 81.2 cm³/mol. The minimum absolute atomic E-state index is 0.00789. The number of nitrogens with one attached hydrogen (secondary N) is 2. The first-order chi connectivity index (χ1) is 9.97. The van der Waals surface area contributed by atoms with Gasteiger partial charge < -0.3 is 5.32 Å². The van der Waals surface area contributed by atoms with Crippen LogP contribution in [-0.4, -0.2) is 11.0 Å². The second-order valence-corrected chi connectivity index (χ2v) is 4.76. The summed E-state index contributed by atoms with van der Waals surface area (Å²) in [6.45, 7) is 1.80. The van der Waals surface area contributed by atoms with Gasteiger partial charge in [0.25, 0.3) is 5.91 Å². The fourth-order valence-corrected chi connectivity index (χ4v) is 1.95. The average molecular weight is 306 g/mol. The van der Waals surface area contributed by atoms with Crippen LogP contribution in [0.1, 0.15) is 15.9 Å². The van der Waals surface area contributed by atoms with Crippen LogP contribution in [-0.2, 0) is 0 Å². The molecule has 0 saturated heterocycles. The summed E-state index contributed by atoms with van der Waals surface area (Å²) in [6.07, 6.45) is 0. The third-order valence-electron chi connectivity index (χ3n) is 2.80. The molecular weight excluding hydrogens is 294 g/mol. The van der Waals surface area contributed by atoms with E-state index in [2.05, 4.69) is 10.6 Å². The zero-order valence-corrected chi connectivity index (χ0v) is 11.9. The molecule has 2 rings (SSSR count). The van der Waals surface area contributed by atoms with Crippen molar-refractivity contribution in [1.82, 2.24) is 5.32 Å². The maximum atomic E-state index is 13.5. The van der Waals surface area contributed by atoms with Crippen molar-refractivity contribution in [2.45, 2.75) is 6.92 Å². The van der Waals surface area contributed by atoms with Gasteiger partial charge in [-0.05, 0) is 42.9 Å². The summed E-state index contributed by atoms with van der Waals surface area (Å²) >= 11 is 4.94. The molecule has 0 aromatic heterocycles. The molecule has 1 amide bonds. The van der Waals surface area contributed by atoms with Gasteiger partial charge in [0.05, 0.1) is 5.69 Å². The summed E-state index contributed by atoms with van der Waals surface area (Å²) < 4.78 is 26.3. The van der Waals surface area contributed by atoms with Crippen molar-refractivity contribution in [3.63, 3.8) is 0 Å². The molecule has 0 aliphatic heterocycles. The minimum Gasteiger partial charge on any atom is -0.330 e. The summed E-state index contributed by atoms with van der Waals surface area (Å²) in [5.74, 6) is -1.87. The Bertz CT molecular complexity index is 704. The van der Waals surface area contributed by atoms with Crippen molar-refractivity contribution in [1.29, 1.82) is 0 Å². The quantitative estimate of drug-likeness (QED) is 0.836. The number of halogens is 2. The first-order valence-corrected chi connectivity index (χ1v) is 6.51. The Hall–Kier alpha value is -2.34. The monoisotopic (exact) mass is 306 g/mol. The van der Waals surface area contributed by atoms with Gasteiger partial charge >= 0.3 is 0 Å². The van der Waals surface area contributed by atoms with E-state index in [-0.39, 0.29) is 10.8 Å². The van der Waals surface area contributed by atoms with Gasteiger partial charge in [0.1, 0.15) is 11.6 Å². The number of hydrogen-bond donors (Lipinski definition) is 2.